The number of aryl methyl sites for hydroxylation is 2. The molecule has 0 fully saturated rings. The zero-order chi connectivity index (χ0) is 26.8. The van der Waals surface area contributed by atoms with Gasteiger partial charge in [0.15, 0.2) is 0 Å². The molecule has 0 saturated heterocycles. The van der Waals surface area contributed by atoms with Crippen molar-refractivity contribution in [1.29, 1.82) is 0 Å². The highest BCUT2D eigenvalue weighted by molar-refractivity contribution is 7.92. The summed E-state index contributed by atoms with van der Waals surface area (Å²) in [7, 11) is -4.10. The number of hydrogen-bond acceptors (Lipinski definition) is 3. The van der Waals surface area contributed by atoms with E-state index < -0.39 is 21.8 Å². The molecule has 0 amide bonds. The van der Waals surface area contributed by atoms with Crippen LogP contribution < -0.4 is 4.72 Å². The maximum absolute atomic E-state index is 12.9. The molecule has 0 aliphatic carbocycles. The summed E-state index contributed by atoms with van der Waals surface area (Å²) in [6.07, 6.45) is -2.76. The van der Waals surface area contributed by atoms with Crippen LogP contribution >= 0.6 is 0 Å². The Kier molecular flexibility index (Phi) is 6.94. The van der Waals surface area contributed by atoms with Gasteiger partial charge in [0.05, 0.1) is 27.2 Å². The van der Waals surface area contributed by atoms with E-state index in [0.717, 1.165) is 54.0 Å². The van der Waals surface area contributed by atoms with Crippen molar-refractivity contribution in [3.8, 4) is 11.4 Å². The van der Waals surface area contributed by atoms with Gasteiger partial charge in [0.2, 0.25) is 0 Å². The van der Waals surface area contributed by atoms with Crippen molar-refractivity contribution < 1.29 is 21.6 Å². The highest BCUT2D eigenvalue weighted by Crippen LogP contribution is 2.31. The van der Waals surface area contributed by atoms with Crippen molar-refractivity contribution in [3.63, 3.8) is 0 Å². The molecule has 9 heteroatoms. The topological polar surface area (TPSA) is 64.0 Å². The molecule has 0 unspecified atom stereocenters. The van der Waals surface area contributed by atoms with E-state index in [0.29, 0.717) is 12.1 Å². The van der Waals surface area contributed by atoms with Crippen LogP contribution in [0.5, 0.6) is 0 Å². The lowest BCUT2D eigenvalue weighted by atomic mass is 10.1. The number of nitrogens with zero attached hydrogens (tertiary/aromatic N) is 2. The van der Waals surface area contributed by atoms with Crippen molar-refractivity contribution in [1.82, 2.24) is 9.55 Å². The number of rotatable bonds is 8. The summed E-state index contributed by atoms with van der Waals surface area (Å²) in [5, 5.41) is 0. The molecule has 0 bridgehead atoms. The lowest BCUT2D eigenvalue weighted by molar-refractivity contribution is -0.137. The molecule has 5 rings (SSSR count). The Morgan fingerprint density at radius 3 is 2.13 bits per heavy atom. The van der Waals surface area contributed by atoms with Crippen molar-refractivity contribution in [2.75, 3.05) is 4.72 Å². The molecule has 1 heterocycles. The third-order valence-electron chi connectivity index (χ3n) is 6.21. The Morgan fingerprint density at radius 2 is 1.47 bits per heavy atom. The molecule has 38 heavy (non-hydrogen) atoms. The second kappa shape index (κ2) is 10.3. The number of benzene rings is 4. The van der Waals surface area contributed by atoms with E-state index in [1.807, 2.05) is 54.6 Å². The van der Waals surface area contributed by atoms with Crippen molar-refractivity contribution >= 4 is 26.7 Å². The third kappa shape index (κ3) is 5.57. The molecule has 0 aliphatic heterocycles. The number of fused-ring (bicyclic) bond motifs is 1. The quantitative estimate of drug-likeness (QED) is 0.229. The molecular weight excluding hydrogens is 511 g/mol. The molecule has 0 radical (unpaired) electrons. The Balaban J connectivity index is 1.43. The SMILES string of the molecule is O=S(=O)(Nc1ccc2c(c1)nc(-c1ccccc1)n2CCCc1ccccc1)c1ccc(C(F)(F)F)cc1. The summed E-state index contributed by atoms with van der Waals surface area (Å²) in [6.45, 7) is 0.715. The van der Waals surface area contributed by atoms with Crippen LogP contribution in [0.15, 0.2) is 108 Å². The molecule has 5 nitrogen and oxygen atoms in total. The Bertz CT molecular complexity index is 1650. The summed E-state index contributed by atoms with van der Waals surface area (Å²) in [6, 6.07) is 28.4. The average molecular weight is 536 g/mol. The number of alkyl halides is 3. The molecule has 5 aromatic rings. The van der Waals surface area contributed by atoms with Gasteiger partial charge in [-0.05, 0) is 60.9 Å². The number of hydrogen-bond donors (Lipinski definition) is 1. The molecule has 0 atom stereocenters. The fraction of sp³-hybridized carbons (Fsp3) is 0.138. The fourth-order valence-corrected chi connectivity index (χ4v) is 5.40. The smallest absolute Gasteiger partial charge is 0.324 e. The van der Waals surface area contributed by atoms with Gasteiger partial charge in [-0.15, -0.1) is 0 Å². The normalized spacial score (nSPS) is 12.1. The van der Waals surface area contributed by atoms with Crippen LogP contribution in [0.2, 0.25) is 0 Å². The molecule has 194 valence electrons. The van der Waals surface area contributed by atoms with E-state index in [9.17, 15) is 21.6 Å². The zero-order valence-electron chi connectivity index (χ0n) is 20.2. The summed E-state index contributed by atoms with van der Waals surface area (Å²) in [5.74, 6) is 0.774. The molecule has 1 N–H and O–H groups in total. The fourth-order valence-electron chi connectivity index (χ4n) is 4.35. The van der Waals surface area contributed by atoms with E-state index in [1.54, 1.807) is 12.1 Å². The average Bonchev–Trinajstić information content (AvgIpc) is 3.27. The number of aromatic nitrogens is 2. The van der Waals surface area contributed by atoms with E-state index in [1.165, 1.54) is 5.56 Å². The van der Waals surface area contributed by atoms with Crippen LogP contribution in [0.3, 0.4) is 0 Å². The predicted octanol–water partition coefficient (Wildman–Crippen LogP) is 7.16. The maximum atomic E-state index is 12.9. The van der Waals surface area contributed by atoms with Crippen LogP contribution in [0.1, 0.15) is 17.5 Å². The lowest BCUT2D eigenvalue weighted by Gasteiger charge is -2.11. The second-order valence-corrected chi connectivity index (χ2v) is 10.6. The van der Waals surface area contributed by atoms with Gasteiger partial charge in [0.25, 0.3) is 10.0 Å². The van der Waals surface area contributed by atoms with E-state index in [4.69, 9.17) is 4.98 Å². The van der Waals surface area contributed by atoms with Gasteiger partial charge in [-0.1, -0.05) is 60.7 Å². The summed E-state index contributed by atoms with van der Waals surface area (Å²) in [5.41, 5.74) is 3.01. The van der Waals surface area contributed by atoms with Crippen LogP contribution in [0, 0.1) is 0 Å². The van der Waals surface area contributed by atoms with Gasteiger partial charge in [0, 0.05) is 12.1 Å². The Hall–Kier alpha value is -4.11. The first-order valence-corrected chi connectivity index (χ1v) is 13.5. The van der Waals surface area contributed by atoms with Crippen LogP contribution in [0.4, 0.5) is 18.9 Å². The first-order chi connectivity index (χ1) is 18.2. The molecule has 0 aliphatic rings. The number of sulfonamides is 1. The van der Waals surface area contributed by atoms with Gasteiger partial charge in [-0.2, -0.15) is 13.2 Å². The van der Waals surface area contributed by atoms with Crippen molar-refractivity contribution in [2.24, 2.45) is 0 Å². The minimum Gasteiger partial charge on any atom is -0.324 e. The molecule has 0 spiro atoms. The van der Waals surface area contributed by atoms with Crippen molar-refractivity contribution in [3.05, 3.63) is 114 Å². The van der Waals surface area contributed by atoms with Crippen LogP contribution in [0.25, 0.3) is 22.4 Å². The van der Waals surface area contributed by atoms with Crippen molar-refractivity contribution in [2.45, 2.75) is 30.5 Å². The highest BCUT2D eigenvalue weighted by Gasteiger charge is 2.30. The van der Waals surface area contributed by atoms with Gasteiger partial charge >= 0.3 is 6.18 Å². The summed E-state index contributed by atoms with van der Waals surface area (Å²) >= 11 is 0. The van der Waals surface area contributed by atoms with E-state index in [2.05, 4.69) is 21.4 Å². The van der Waals surface area contributed by atoms with Gasteiger partial charge in [0.1, 0.15) is 5.82 Å². The summed E-state index contributed by atoms with van der Waals surface area (Å²) in [4.78, 5) is 4.55. The standard InChI is InChI=1S/C29H24F3N3O2S/c30-29(31,32)23-13-16-25(17-14-23)38(36,37)34-24-15-18-27-26(20-24)33-28(22-11-5-2-6-12-22)35(27)19-7-10-21-8-3-1-4-9-21/h1-6,8-9,11-18,20,34H,7,10,19H2. The first-order valence-electron chi connectivity index (χ1n) is 12.0. The zero-order valence-corrected chi connectivity index (χ0v) is 21.0. The number of anilines is 1. The van der Waals surface area contributed by atoms with Crippen LogP contribution in [-0.4, -0.2) is 18.0 Å². The monoisotopic (exact) mass is 535 g/mol. The van der Waals surface area contributed by atoms with E-state index in [-0.39, 0.29) is 10.6 Å². The number of nitrogens with one attached hydrogen (secondary N) is 1. The first kappa shape index (κ1) is 25.5. The number of halogens is 3. The predicted molar refractivity (Wildman–Crippen MR) is 142 cm³/mol. The number of imidazole rings is 1. The second-order valence-electron chi connectivity index (χ2n) is 8.87. The third-order valence-corrected chi connectivity index (χ3v) is 7.61. The Morgan fingerprint density at radius 1 is 0.816 bits per heavy atom. The molecule has 4 aromatic carbocycles. The highest BCUT2D eigenvalue weighted by atomic mass is 32.2. The van der Waals surface area contributed by atoms with Gasteiger partial charge < -0.3 is 4.57 Å². The lowest BCUT2D eigenvalue weighted by Crippen LogP contribution is -2.13. The molecule has 1 aromatic heterocycles. The summed E-state index contributed by atoms with van der Waals surface area (Å²) < 4.78 is 68.9. The Labute approximate surface area is 218 Å². The van der Waals surface area contributed by atoms with Gasteiger partial charge in [-0.25, -0.2) is 13.4 Å². The van der Waals surface area contributed by atoms with E-state index >= 15 is 0 Å². The van der Waals surface area contributed by atoms with Gasteiger partial charge in [-0.3, -0.25) is 4.72 Å². The van der Waals surface area contributed by atoms with Crippen LogP contribution in [-0.2, 0) is 29.2 Å². The molecular formula is C29H24F3N3O2S. The molecule has 0 saturated carbocycles. The largest absolute Gasteiger partial charge is 0.416 e. The minimum atomic E-state index is -4.54. The minimum absolute atomic E-state index is 0.262. The maximum Gasteiger partial charge on any atom is 0.416 e.